The Bertz CT molecular complexity index is 811. The lowest BCUT2D eigenvalue weighted by molar-refractivity contribution is -0.152. The van der Waals surface area contributed by atoms with Gasteiger partial charge in [0.05, 0.1) is 18.7 Å². The maximum atomic E-state index is 12.3. The van der Waals surface area contributed by atoms with E-state index in [1.807, 2.05) is 0 Å². The fraction of sp³-hybridized carbons (Fsp3) is 0.444. The molecule has 0 spiro atoms. The summed E-state index contributed by atoms with van der Waals surface area (Å²) in [6.07, 6.45) is 1.72. The lowest BCUT2D eigenvalue weighted by Crippen LogP contribution is -2.42. The molecule has 1 atom stereocenters. The van der Waals surface area contributed by atoms with Crippen LogP contribution >= 0.6 is 11.6 Å². The number of urea groups is 1. The smallest absolute Gasteiger partial charge is 0.321 e. The second-order valence-corrected chi connectivity index (χ2v) is 7.06. The van der Waals surface area contributed by atoms with E-state index in [-0.39, 0.29) is 24.9 Å². The molecule has 0 radical (unpaired) electrons. The fourth-order valence-corrected chi connectivity index (χ4v) is 3.01. The van der Waals surface area contributed by atoms with E-state index in [4.69, 9.17) is 21.1 Å². The number of amides is 4. The Balaban J connectivity index is 1.53. The minimum atomic E-state index is -0.732. The third kappa shape index (κ3) is 4.92. The van der Waals surface area contributed by atoms with Crippen LogP contribution in [0.3, 0.4) is 0 Å². The maximum absolute atomic E-state index is 12.3. The number of carbonyl (C=O) groups excluding carboxylic acids is 4. The summed E-state index contributed by atoms with van der Waals surface area (Å²) in [5.41, 5.74) is 0.463. The van der Waals surface area contributed by atoms with Gasteiger partial charge in [-0.15, -0.1) is 0 Å². The van der Waals surface area contributed by atoms with E-state index in [9.17, 15) is 19.2 Å². The molecule has 0 unspecified atom stereocenters. The van der Waals surface area contributed by atoms with Crippen molar-refractivity contribution >= 4 is 41.1 Å². The van der Waals surface area contributed by atoms with Gasteiger partial charge >= 0.3 is 12.0 Å². The summed E-state index contributed by atoms with van der Waals surface area (Å²) in [4.78, 5) is 49.1. The molecule has 2 N–H and O–H groups in total. The van der Waals surface area contributed by atoms with Gasteiger partial charge in [0.15, 0.2) is 6.61 Å². The van der Waals surface area contributed by atoms with Crippen LogP contribution in [0.4, 0.5) is 10.5 Å². The number of carbonyl (C=O) groups is 4. The van der Waals surface area contributed by atoms with E-state index < -0.39 is 30.4 Å². The molecule has 1 heterocycles. The highest BCUT2D eigenvalue weighted by molar-refractivity contribution is 6.31. The number of hydrogen-bond acceptors (Lipinski definition) is 6. The van der Waals surface area contributed by atoms with E-state index >= 15 is 0 Å². The number of anilines is 1. The molecule has 1 aliphatic heterocycles. The van der Waals surface area contributed by atoms with Crippen LogP contribution in [-0.4, -0.2) is 50.1 Å². The molecule has 0 bridgehead atoms. The summed E-state index contributed by atoms with van der Waals surface area (Å²) in [6.45, 7) is -0.514. The molecule has 2 aliphatic rings. The van der Waals surface area contributed by atoms with Crippen LogP contribution in [0.5, 0.6) is 5.75 Å². The quantitative estimate of drug-likeness (QED) is 0.683. The van der Waals surface area contributed by atoms with Gasteiger partial charge in [-0.25, -0.2) is 4.79 Å². The molecule has 1 aliphatic carbocycles. The molecule has 9 nitrogen and oxygen atoms in total. The van der Waals surface area contributed by atoms with Gasteiger partial charge in [0.25, 0.3) is 5.91 Å². The van der Waals surface area contributed by atoms with E-state index in [0.29, 0.717) is 16.5 Å². The normalized spacial score (nSPS) is 18.6. The number of imide groups is 1. The average molecular weight is 410 g/mol. The first-order chi connectivity index (χ1) is 13.4. The zero-order valence-electron chi connectivity index (χ0n) is 15.2. The summed E-state index contributed by atoms with van der Waals surface area (Å²) in [7, 11) is 1.47. The molecule has 2 fully saturated rings. The Kier molecular flexibility index (Phi) is 6.03. The minimum absolute atomic E-state index is 0.0573. The van der Waals surface area contributed by atoms with Crippen molar-refractivity contribution in [1.82, 2.24) is 10.6 Å². The molecule has 28 heavy (non-hydrogen) atoms. The number of halogens is 1. The van der Waals surface area contributed by atoms with Crippen molar-refractivity contribution in [3.63, 3.8) is 0 Å². The molecule has 1 saturated heterocycles. The van der Waals surface area contributed by atoms with Gasteiger partial charge in [-0.2, -0.15) is 0 Å². The molecule has 3 rings (SSSR count). The topological polar surface area (TPSA) is 114 Å². The van der Waals surface area contributed by atoms with E-state index in [0.717, 1.165) is 12.8 Å². The molecule has 0 aromatic heterocycles. The van der Waals surface area contributed by atoms with Crippen LogP contribution in [0.15, 0.2) is 18.2 Å². The van der Waals surface area contributed by atoms with Crippen molar-refractivity contribution in [2.45, 2.75) is 25.3 Å². The van der Waals surface area contributed by atoms with Crippen LogP contribution in [0.2, 0.25) is 5.02 Å². The first kappa shape index (κ1) is 19.9. The van der Waals surface area contributed by atoms with Crippen LogP contribution in [0.25, 0.3) is 0 Å². The molecule has 4 amide bonds. The van der Waals surface area contributed by atoms with Crippen molar-refractivity contribution < 1.29 is 28.7 Å². The summed E-state index contributed by atoms with van der Waals surface area (Å²) < 4.78 is 10.2. The van der Waals surface area contributed by atoms with Crippen molar-refractivity contribution in [1.29, 1.82) is 0 Å². The molecule has 1 aromatic carbocycles. The predicted molar refractivity (Wildman–Crippen MR) is 99.1 cm³/mol. The Hall–Kier alpha value is -2.81. The molecule has 150 valence electrons. The number of esters is 1. The Labute approximate surface area is 166 Å². The summed E-state index contributed by atoms with van der Waals surface area (Å²) in [5.74, 6) is -1.98. The Morgan fingerprint density at radius 1 is 1.29 bits per heavy atom. The molecular formula is C18H20ClN3O6. The van der Waals surface area contributed by atoms with Crippen molar-refractivity contribution in [2.24, 2.45) is 5.92 Å². The average Bonchev–Trinajstić information content (AvgIpc) is 3.38. The Morgan fingerprint density at radius 3 is 2.71 bits per heavy atom. The number of benzene rings is 1. The second-order valence-electron chi connectivity index (χ2n) is 6.63. The molecule has 1 saturated carbocycles. The SMILES string of the molecule is COc1ccc(Cl)cc1N1C[C@H](C(=O)OCC(=O)NC(=O)NC2CC2)CC1=O. The largest absolute Gasteiger partial charge is 0.495 e. The standard InChI is InChI=1S/C18H20ClN3O6/c1-27-14-5-2-11(19)7-13(14)22-8-10(6-16(22)24)17(25)28-9-15(23)21-18(26)20-12-3-4-12/h2,5,7,10,12H,3-4,6,8-9H2,1H3,(H2,20,21,23,26)/t10-/m1/s1. The highest BCUT2D eigenvalue weighted by Crippen LogP contribution is 2.35. The number of hydrogen-bond donors (Lipinski definition) is 2. The Morgan fingerprint density at radius 2 is 2.04 bits per heavy atom. The monoisotopic (exact) mass is 409 g/mol. The van der Waals surface area contributed by atoms with Gasteiger partial charge in [-0.05, 0) is 31.0 Å². The van der Waals surface area contributed by atoms with Crippen molar-refractivity contribution in [3.8, 4) is 5.75 Å². The fourth-order valence-electron chi connectivity index (χ4n) is 2.84. The van der Waals surface area contributed by atoms with Crippen LogP contribution in [0.1, 0.15) is 19.3 Å². The third-order valence-corrected chi connectivity index (χ3v) is 4.64. The molecule has 1 aromatic rings. The van der Waals surface area contributed by atoms with Gasteiger partial charge < -0.3 is 19.7 Å². The molecular weight excluding hydrogens is 390 g/mol. The van der Waals surface area contributed by atoms with Gasteiger partial charge in [-0.3, -0.25) is 19.7 Å². The van der Waals surface area contributed by atoms with Crippen LogP contribution < -0.4 is 20.3 Å². The lowest BCUT2D eigenvalue weighted by atomic mass is 10.1. The number of ether oxygens (including phenoxy) is 2. The first-order valence-electron chi connectivity index (χ1n) is 8.78. The van der Waals surface area contributed by atoms with E-state index in [2.05, 4.69) is 10.6 Å². The second kappa shape index (κ2) is 8.47. The van der Waals surface area contributed by atoms with Gasteiger partial charge in [-0.1, -0.05) is 11.6 Å². The van der Waals surface area contributed by atoms with Crippen LogP contribution in [0, 0.1) is 5.92 Å². The van der Waals surface area contributed by atoms with E-state index in [1.54, 1.807) is 18.2 Å². The number of nitrogens with zero attached hydrogens (tertiary/aromatic N) is 1. The minimum Gasteiger partial charge on any atom is -0.495 e. The van der Waals surface area contributed by atoms with Crippen molar-refractivity contribution in [2.75, 3.05) is 25.2 Å². The van der Waals surface area contributed by atoms with Gasteiger partial charge in [0, 0.05) is 24.0 Å². The zero-order valence-corrected chi connectivity index (χ0v) is 16.0. The predicted octanol–water partition coefficient (Wildman–Crippen LogP) is 1.23. The zero-order chi connectivity index (χ0) is 20.3. The van der Waals surface area contributed by atoms with Gasteiger partial charge in [0.2, 0.25) is 5.91 Å². The lowest BCUT2D eigenvalue weighted by Gasteiger charge is -2.19. The van der Waals surface area contributed by atoms with E-state index in [1.165, 1.54) is 12.0 Å². The highest BCUT2D eigenvalue weighted by atomic mass is 35.5. The number of nitrogens with one attached hydrogen (secondary N) is 2. The van der Waals surface area contributed by atoms with Crippen LogP contribution in [-0.2, 0) is 19.1 Å². The summed E-state index contributed by atoms with van der Waals surface area (Å²) in [5, 5.41) is 5.10. The first-order valence-corrected chi connectivity index (χ1v) is 9.16. The number of methoxy groups -OCH3 is 1. The highest BCUT2D eigenvalue weighted by Gasteiger charge is 2.37. The molecule has 10 heteroatoms. The maximum Gasteiger partial charge on any atom is 0.321 e. The summed E-state index contributed by atoms with van der Waals surface area (Å²) in [6, 6.07) is 4.34. The van der Waals surface area contributed by atoms with Crippen molar-refractivity contribution in [3.05, 3.63) is 23.2 Å². The number of rotatable bonds is 6. The summed E-state index contributed by atoms with van der Waals surface area (Å²) >= 11 is 6.00. The third-order valence-electron chi connectivity index (χ3n) is 4.40. The van der Waals surface area contributed by atoms with Gasteiger partial charge in [0.1, 0.15) is 5.75 Å².